The number of piperazine rings is 1. The van der Waals surface area contributed by atoms with Gasteiger partial charge in [0.1, 0.15) is 0 Å². The molecule has 3 heterocycles. The number of nitrogens with zero attached hydrogens (tertiary/aromatic N) is 2. The summed E-state index contributed by atoms with van der Waals surface area (Å²) in [5, 5.41) is 9.78. The summed E-state index contributed by atoms with van der Waals surface area (Å²) in [6, 6.07) is 5.64. The third-order valence-corrected chi connectivity index (χ3v) is 4.72. The highest BCUT2D eigenvalue weighted by Gasteiger charge is 2.27. The average Bonchev–Trinajstić information content (AvgIpc) is 3.17. The number of aromatic nitrogens is 1. The number of thiophene rings is 1. The Morgan fingerprint density at radius 2 is 2.28 bits per heavy atom. The van der Waals surface area contributed by atoms with Crippen LogP contribution in [0.15, 0.2) is 41.4 Å². The predicted molar refractivity (Wildman–Crippen MR) is 100 cm³/mol. The first kappa shape index (κ1) is 19.4. The summed E-state index contributed by atoms with van der Waals surface area (Å²) in [7, 11) is 0. The highest BCUT2D eigenvalue weighted by Crippen LogP contribution is 2.22. The Hall–Kier alpha value is -1.96. The number of carbonyl (C=O) groups excluding carboxylic acids is 2. The van der Waals surface area contributed by atoms with Gasteiger partial charge >= 0.3 is 0 Å². The highest BCUT2D eigenvalue weighted by molar-refractivity contribution is 7.08. The SMILES string of the molecule is Cl.O=C(NCCC(=O)N1CCNCC1c1cccnc1)c1ccsc1. The molecule has 0 saturated carbocycles. The first-order valence-electron chi connectivity index (χ1n) is 7.96. The molecule has 0 bridgehead atoms. The fourth-order valence-electron chi connectivity index (χ4n) is 2.80. The number of pyridine rings is 1. The standard InChI is InChI=1S/C17H20N4O2S.ClH/c22-16(3-6-20-17(23)14-4-9-24-12-14)21-8-7-19-11-15(21)13-2-1-5-18-10-13;/h1-2,4-5,9-10,12,15,19H,3,6-8,11H2,(H,20,23);1H. The normalized spacial score (nSPS) is 16.8. The lowest BCUT2D eigenvalue weighted by Gasteiger charge is -2.36. The summed E-state index contributed by atoms with van der Waals surface area (Å²) in [6.45, 7) is 2.51. The summed E-state index contributed by atoms with van der Waals surface area (Å²) >= 11 is 1.48. The molecule has 3 rings (SSSR count). The maximum atomic E-state index is 12.6. The fourth-order valence-corrected chi connectivity index (χ4v) is 3.43. The first-order valence-corrected chi connectivity index (χ1v) is 8.90. The number of amides is 2. The molecule has 1 aliphatic rings. The Kier molecular flexibility index (Phi) is 7.36. The van der Waals surface area contributed by atoms with E-state index in [1.54, 1.807) is 23.8 Å². The van der Waals surface area contributed by atoms with Crippen molar-refractivity contribution >= 4 is 35.6 Å². The average molecular weight is 381 g/mol. The summed E-state index contributed by atoms with van der Waals surface area (Å²) in [5.74, 6) is -0.0795. The van der Waals surface area contributed by atoms with Crippen LogP contribution in [0.5, 0.6) is 0 Å². The van der Waals surface area contributed by atoms with Gasteiger partial charge < -0.3 is 15.5 Å². The quantitative estimate of drug-likeness (QED) is 0.830. The van der Waals surface area contributed by atoms with Gasteiger partial charge in [-0.1, -0.05) is 6.07 Å². The summed E-state index contributed by atoms with van der Waals surface area (Å²) in [6.07, 6.45) is 3.83. The summed E-state index contributed by atoms with van der Waals surface area (Å²) in [5.41, 5.74) is 1.67. The van der Waals surface area contributed by atoms with Crippen molar-refractivity contribution in [3.63, 3.8) is 0 Å². The first-order chi connectivity index (χ1) is 11.8. The molecule has 1 atom stereocenters. The second-order valence-corrected chi connectivity index (χ2v) is 6.39. The van der Waals surface area contributed by atoms with E-state index in [1.165, 1.54) is 11.3 Å². The Morgan fingerprint density at radius 3 is 3.00 bits per heavy atom. The number of rotatable bonds is 5. The summed E-state index contributed by atoms with van der Waals surface area (Å²) in [4.78, 5) is 30.5. The van der Waals surface area contributed by atoms with Crippen molar-refractivity contribution < 1.29 is 9.59 Å². The lowest BCUT2D eigenvalue weighted by molar-refractivity contribution is -0.134. The molecule has 2 amide bonds. The van der Waals surface area contributed by atoms with Gasteiger partial charge in [0.25, 0.3) is 5.91 Å². The van der Waals surface area contributed by atoms with E-state index >= 15 is 0 Å². The lowest BCUT2D eigenvalue weighted by Crippen LogP contribution is -2.49. The molecule has 1 saturated heterocycles. The zero-order valence-electron chi connectivity index (χ0n) is 13.7. The minimum Gasteiger partial charge on any atom is -0.351 e. The van der Waals surface area contributed by atoms with E-state index in [-0.39, 0.29) is 30.3 Å². The van der Waals surface area contributed by atoms with Crippen LogP contribution in [0.1, 0.15) is 28.4 Å². The van der Waals surface area contributed by atoms with Crippen molar-refractivity contribution in [3.8, 4) is 0 Å². The second kappa shape index (κ2) is 9.50. The van der Waals surface area contributed by atoms with E-state index in [2.05, 4.69) is 15.6 Å². The van der Waals surface area contributed by atoms with Crippen molar-refractivity contribution in [3.05, 3.63) is 52.5 Å². The van der Waals surface area contributed by atoms with E-state index in [0.717, 1.165) is 18.7 Å². The Morgan fingerprint density at radius 1 is 1.40 bits per heavy atom. The molecule has 6 nitrogen and oxygen atoms in total. The lowest BCUT2D eigenvalue weighted by atomic mass is 10.0. The van der Waals surface area contributed by atoms with Crippen molar-refractivity contribution in [2.75, 3.05) is 26.2 Å². The predicted octanol–water partition coefficient (Wildman–Crippen LogP) is 1.86. The van der Waals surface area contributed by atoms with Gasteiger partial charge in [-0.2, -0.15) is 11.3 Å². The van der Waals surface area contributed by atoms with Crippen LogP contribution in [-0.2, 0) is 4.79 Å². The molecule has 2 aromatic rings. The monoisotopic (exact) mass is 380 g/mol. The van der Waals surface area contributed by atoms with Crippen molar-refractivity contribution in [1.82, 2.24) is 20.5 Å². The molecule has 2 N–H and O–H groups in total. The van der Waals surface area contributed by atoms with E-state index in [0.29, 0.717) is 25.1 Å². The van der Waals surface area contributed by atoms with Gasteiger partial charge in [-0.15, -0.1) is 12.4 Å². The molecule has 0 radical (unpaired) electrons. The Balaban J connectivity index is 0.00000225. The fraction of sp³-hybridized carbons (Fsp3) is 0.353. The van der Waals surface area contributed by atoms with E-state index in [9.17, 15) is 9.59 Å². The van der Waals surface area contributed by atoms with Crippen molar-refractivity contribution in [2.24, 2.45) is 0 Å². The number of hydrogen-bond donors (Lipinski definition) is 2. The van der Waals surface area contributed by atoms with Gasteiger partial charge in [-0.25, -0.2) is 0 Å². The van der Waals surface area contributed by atoms with E-state index in [4.69, 9.17) is 0 Å². The van der Waals surface area contributed by atoms with Gasteiger partial charge in [0.15, 0.2) is 0 Å². The molecule has 134 valence electrons. The zero-order valence-corrected chi connectivity index (χ0v) is 15.3. The molecule has 1 fully saturated rings. The minimum atomic E-state index is -0.131. The maximum Gasteiger partial charge on any atom is 0.252 e. The third kappa shape index (κ3) is 5.01. The third-order valence-electron chi connectivity index (χ3n) is 4.04. The van der Waals surface area contributed by atoms with Gasteiger partial charge in [0.2, 0.25) is 5.91 Å². The Bertz CT molecular complexity index is 681. The molecule has 2 aromatic heterocycles. The Labute approximate surface area is 157 Å². The zero-order chi connectivity index (χ0) is 16.8. The molecule has 0 spiro atoms. The molecule has 1 aliphatic heterocycles. The summed E-state index contributed by atoms with van der Waals surface area (Å²) < 4.78 is 0. The molecule has 0 aliphatic carbocycles. The highest BCUT2D eigenvalue weighted by atomic mass is 35.5. The molecular formula is C17H21ClN4O2S. The molecule has 1 unspecified atom stereocenters. The smallest absolute Gasteiger partial charge is 0.252 e. The van der Waals surface area contributed by atoms with Crippen LogP contribution >= 0.6 is 23.7 Å². The van der Waals surface area contributed by atoms with Gasteiger partial charge in [-0.3, -0.25) is 14.6 Å². The van der Waals surface area contributed by atoms with Crippen LogP contribution < -0.4 is 10.6 Å². The number of carbonyl (C=O) groups is 2. The number of hydrogen-bond acceptors (Lipinski definition) is 5. The second-order valence-electron chi connectivity index (χ2n) is 5.61. The van der Waals surface area contributed by atoms with Gasteiger partial charge in [0, 0.05) is 55.9 Å². The van der Waals surface area contributed by atoms with Crippen LogP contribution in [0.4, 0.5) is 0 Å². The van der Waals surface area contributed by atoms with Crippen molar-refractivity contribution in [1.29, 1.82) is 0 Å². The van der Waals surface area contributed by atoms with Crippen LogP contribution in [0.25, 0.3) is 0 Å². The van der Waals surface area contributed by atoms with Crippen LogP contribution in [0, 0.1) is 0 Å². The van der Waals surface area contributed by atoms with Gasteiger partial charge in [0.05, 0.1) is 6.04 Å². The molecule has 25 heavy (non-hydrogen) atoms. The number of nitrogens with one attached hydrogen (secondary N) is 2. The van der Waals surface area contributed by atoms with Crippen LogP contribution in [0.3, 0.4) is 0 Å². The molecule has 8 heteroatoms. The van der Waals surface area contributed by atoms with Crippen LogP contribution in [-0.4, -0.2) is 47.9 Å². The number of halogens is 1. The maximum absolute atomic E-state index is 12.6. The minimum absolute atomic E-state index is 0. The molecule has 0 aromatic carbocycles. The van der Waals surface area contributed by atoms with E-state index in [1.807, 2.05) is 22.4 Å². The van der Waals surface area contributed by atoms with Crippen molar-refractivity contribution in [2.45, 2.75) is 12.5 Å². The topological polar surface area (TPSA) is 74.3 Å². The largest absolute Gasteiger partial charge is 0.351 e. The van der Waals surface area contributed by atoms with E-state index < -0.39 is 0 Å². The van der Waals surface area contributed by atoms with Gasteiger partial charge in [-0.05, 0) is 23.1 Å². The molecular weight excluding hydrogens is 360 g/mol. The van der Waals surface area contributed by atoms with Crippen LogP contribution in [0.2, 0.25) is 0 Å².